The Labute approximate surface area is 111 Å². The first-order valence-corrected chi connectivity index (χ1v) is 8.11. The highest BCUT2D eigenvalue weighted by Gasteiger charge is 2.23. The highest BCUT2D eigenvalue weighted by Crippen LogP contribution is 2.25. The SMILES string of the molecule is CC(C)CCC(C)NCCSC1CCOC1C. The van der Waals surface area contributed by atoms with Gasteiger partial charge in [0, 0.05) is 30.2 Å². The zero-order valence-corrected chi connectivity index (χ0v) is 12.7. The Morgan fingerprint density at radius 1 is 1.29 bits per heavy atom. The third kappa shape index (κ3) is 6.68. The molecule has 1 heterocycles. The molecule has 3 heteroatoms. The van der Waals surface area contributed by atoms with Gasteiger partial charge in [0.25, 0.3) is 0 Å². The molecule has 0 aromatic carbocycles. The van der Waals surface area contributed by atoms with Crippen LogP contribution in [0.5, 0.6) is 0 Å². The second-order valence-electron chi connectivity index (χ2n) is 5.60. The largest absolute Gasteiger partial charge is 0.377 e. The van der Waals surface area contributed by atoms with Crippen molar-refractivity contribution < 1.29 is 4.74 Å². The monoisotopic (exact) mass is 259 g/mol. The van der Waals surface area contributed by atoms with Crippen LogP contribution in [0.3, 0.4) is 0 Å². The van der Waals surface area contributed by atoms with Gasteiger partial charge in [-0.05, 0) is 39.0 Å². The molecule has 0 spiro atoms. The van der Waals surface area contributed by atoms with Crippen LogP contribution in [-0.4, -0.2) is 36.3 Å². The molecule has 3 atom stereocenters. The summed E-state index contributed by atoms with van der Waals surface area (Å²) < 4.78 is 5.57. The van der Waals surface area contributed by atoms with Crippen LogP contribution in [0.25, 0.3) is 0 Å². The fraction of sp³-hybridized carbons (Fsp3) is 1.00. The van der Waals surface area contributed by atoms with E-state index >= 15 is 0 Å². The van der Waals surface area contributed by atoms with Crippen LogP contribution in [0.15, 0.2) is 0 Å². The number of nitrogens with one attached hydrogen (secondary N) is 1. The molecule has 2 nitrogen and oxygen atoms in total. The van der Waals surface area contributed by atoms with Gasteiger partial charge in [0.2, 0.25) is 0 Å². The molecule has 1 aliphatic heterocycles. The molecule has 0 aliphatic carbocycles. The summed E-state index contributed by atoms with van der Waals surface area (Å²) >= 11 is 2.07. The van der Waals surface area contributed by atoms with Crippen molar-refractivity contribution in [1.82, 2.24) is 5.32 Å². The number of hydrogen-bond donors (Lipinski definition) is 1. The molecule has 1 N–H and O–H groups in total. The normalized spacial score (nSPS) is 26.6. The molecule has 17 heavy (non-hydrogen) atoms. The van der Waals surface area contributed by atoms with E-state index in [2.05, 4.69) is 44.8 Å². The molecule has 1 rings (SSSR count). The summed E-state index contributed by atoms with van der Waals surface area (Å²) in [6.07, 6.45) is 4.31. The topological polar surface area (TPSA) is 21.3 Å². The third-order valence-corrected chi connectivity index (χ3v) is 4.90. The fourth-order valence-corrected chi connectivity index (χ4v) is 3.28. The van der Waals surface area contributed by atoms with Crippen LogP contribution in [0, 0.1) is 5.92 Å². The van der Waals surface area contributed by atoms with Crippen molar-refractivity contribution in [3.63, 3.8) is 0 Å². The molecule has 0 aromatic rings. The molecule has 0 bridgehead atoms. The average molecular weight is 259 g/mol. The van der Waals surface area contributed by atoms with Gasteiger partial charge in [-0.1, -0.05) is 13.8 Å². The quantitative estimate of drug-likeness (QED) is 0.676. The molecular weight excluding hydrogens is 230 g/mol. The fourth-order valence-electron chi connectivity index (χ4n) is 2.13. The number of hydrogen-bond acceptors (Lipinski definition) is 3. The van der Waals surface area contributed by atoms with Crippen LogP contribution >= 0.6 is 11.8 Å². The standard InChI is InChI=1S/C14H29NOS/c1-11(2)5-6-12(3)15-8-10-17-14-7-9-16-13(14)4/h11-15H,5-10H2,1-4H3. The van der Waals surface area contributed by atoms with Crippen LogP contribution in [-0.2, 0) is 4.74 Å². The number of rotatable bonds is 8. The Morgan fingerprint density at radius 2 is 2.06 bits per heavy atom. The van der Waals surface area contributed by atoms with Crippen molar-refractivity contribution in [3.8, 4) is 0 Å². The van der Waals surface area contributed by atoms with Crippen molar-refractivity contribution >= 4 is 11.8 Å². The minimum absolute atomic E-state index is 0.457. The lowest BCUT2D eigenvalue weighted by molar-refractivity contribution is 0.127. The van der Waals surface area contributed by atoms with E-state index in [1.807, 2.05) is 0 Å². The molecule has 3 unspecified atom stereocenters. The second-order valence-corrected chi connectivity index (χ2v) is 6.95. The lowest BCUT2D eigenvalue weighted by atomic mass is 10.0. The van der Waals surface area contributed by atoms with E-state index in [1.54, 1.807) is 0 Å². The summed E-state index contributed by atoms with van der Waals surface area (Å²) in [5.74, 6) is 2.04. The summed E-state index contributed by atoms with van der Waals surface area (Å²) in [7, 11) is 0. The highest BCUT2D eigenvalue weighted by atomic mass is 32.2. The van der Waals surface area contributed by atoms with Crippen molar-refractivity contribution in [2.45, 2.75) is 64.4 Å². The van der Waals surface area contributed by atoms with Crippen molar-refractivity contribution in [2.75, 3.05) is 18.9 Å². The Morgan fingerprint density at radius 3 is 2.65 bits per heavy atom. The van der Waals surface area contributed by atoms with Gasteiger partial charge in [0.15, 0.2) is 0 Å². The Balaban J connectivity index is 1.96. The molecule has 102 valence electrons. The van der Waals surface area contributed by atoms with Crippen molar-refractivity contribution in [2.24, 2.45) is 5.92 Å². The van der Waals surface area contributed by atoms with E-state index < -0.39 is 0 Å². The van der Waals surface area contributed by atoms with Gasteiger partial charge in [-0.2, -0.15) is 11.8 Å². The van der Waals surface area contributed by atoms with E-state index in [1.165, 1.54) is 25.0 Å². The van der Waals surface area contributed by atoms with E-state index in [4.69, 9.17) is 4.74 Å². The van der Waals surface area contributed by atoms with Crippen LogP contribution in [0.1, 0.15) is 47.0 Å². The first-order chi connectivity index (χ1) is 8.09. The third-order valence-electron chi connectivity index (χ3n) is 3.41. The van der Waals surface area contributed by atoms with E-state index in [0.29, 0.717) is 12.1 Å². The van der Waals surface area contributed by atoms with Crippen molar-refractivity contribution in [3.05, 3.63) is 0 Å². The van der Waals surface area contributed by atoms with Crippen molar-refractivity contribution in [1.29, 1.82) is 0 Å². The second kappa shape index (κ2) is 8.39. The molecular formula is C14H29NOS. The minimum Gasteiger partial charge on any atom is -0.377 e. The maximum atomic E-state index is 5.57. The van der Waals surface area contributed by atoms with Gasteiger partial charge < -0.3 is 10.1 Å². The summed E-state index contributed by atoms with van der Waals surface area (Å²) in [4.78, 5) is 0. The summed E-state index contributed by atoms with van der Waals surface area (Å²) in [5.41, 5.74) is 0. The molecule has 0 saturated carbocycles. The molecule has 1 saturated heterocycles. The molecule has 1 aliphatic rings. The minimum atomic E-state index is 0.457. The zero-order chi connectivity index (χ0) is 12.7. The van der Waals surface area contributed by atoms with Gasteiger partial charge in [0.05, 0.1) is 6.10 Å². The molecule has 0 radical (unpaired) electrons. The van der Waals surface area contributed by atoms with Crippen LogP contribution in [0.4, 0.5) is 0 Å². The Hall–Kier alpha value is 0.270. The predicted molar refractivity (Wildman–Crippen MR) is 77.8 cm³/mol. The van der Waals surface area contributed by atoms with Gasteiger partial charge in [-0.25, -0.2) is 0 Å². The lowest BCUT2D eigenvalue weighted by Gasteiger charge is -2.17. The Kier molecular flexibility index (Phi) is 7.56. The first-order valence-electron chi connectivity index (χ1n) is 7.06. The van der Waals surface area contributed by atoms with Crippen LogP contribution < -0.4 is 5.32 Å². The number of thioether (sulfide) groups is 1. The highest BCUT2D eigenvalue weighted by molar-refractivity contribution is 8.00. The maximum absolute atomic E-state index is 5.57. The van der Waals surface area contributed by atoms with E-state index in [0.717, 1.165) is 24.3 Å². The van der Waals surface area contributed by atoms with E-state index in [-0.39, 0.29) is 0 Å². The van der Waals surface area contributed by atoms with E-state index in [9.17, 15) is 0 Å². The molecule has 0 amide bonds. The van der Waals surface area contributed by atoms with Gasteiger partial charge in [-0.3, -0.25) is 0 Å². The lowest BCUT2D eigenvalue weighted by Crippen LogP contribution is -2.29. The Bertz CT molecular complexity index is 199. The summed E-state index contributed by atoms with van der Waals surface area (Å²) in [6.45, 7) is 11.2. The summed E-state index contributed by atoms with van der Waals surface area (Å²) in [5, 5.41) is 4.34. The average Bonchev–Trinajstić information content (AvgIpc) is 2.68. The van der Waals surface area contributed by atoms with Crippen LogP contribution in [0.2, 0.25) is 0 Å². The summed E-state index contributed by atoms with van der Waals surface area (Å²) in [6, 6.07) is 0.662. The van der Waals surface area contributed by atoms with Gasteiger partial charge >= 0.3 is 0 Å². The smallest absolute Gasteiger partial charge is 0.0666 e. The predicted octanol–water partition coefficient (Wildman–Crippen LogP) is 3.31. The molecule has 1 fully saturated rings. The molecule has 0 aromatic heterocycles. The zero-order valence-electron chi connectivity index (χ0n) is 11.9. The van der Waals surface area contributed by atoms with Gasteiger partial charge in [-0.15, -0.1) is 0 Å². The number of ether oxygens (including phenoxy) is 1. The first kappa shape index (κ1) is 15.3. The maximum Gasteiger partial charge on any atom is 0.0666 e. The van der Waals surface area contributed by atoms with Gasteiger partial charge in [0.1, 0.15) is 0 Å².